The number of carboxylic acids is 1. The molecular formula is C20H27BN2O2. The number of carboxylic acid groups (broad SMARTS) is 1. The average Bonchev–Trinajstić information content (AvgIpc) is 2.56. The van der Waals surface area contributed by atoms with Gasteiger partial charge in [0, 0.05) is 12.6 Å². The van der Waals surface area contributed by atoms with Crippen molar-refractivity contribution in [2.75, 3.05) is 10.6 Å². The second kappa shape index (κ2) is 9.16. The van der Waals surface area contributed by atoms with Crippen LogP contribution in [0.5, 0.6) is 0 Å². The van der Waals surface area contributed by atoms with E-state index < -0.39 is 5.97 Å². The van der Waals surface area contributed by atoms with Gasteiger partial charge in [0.25, 0.3) is 0 Å². The highest BCUT2D eigenvalue weighted by Crippen LogP contribution is 2.24. The van der Waals surface area contributed by atoms with Gasteiger partial charge in [0.15, 0.2) is 0 Å². The molecule has 132 valence electrons. The minimum absolute atomic E-state index is 0.0637. The van der Waals surface area contributed by atoms with E-state index in [0.29, 0.717) is 0 Å². The van der Waals surface area contributed by atoms with Crippen LogP contribution >= 0.6 is 0 Å². The molecule has 0 spiro atoms. The minimum atomic E-state index is -0.772. The Kier molecular flexibility index (Phi) is 6.93. The highest BCUT2D eigenvalue weighted by molar-refractivity contribution is 6.32. The van der Waals surface area contributed by atoms with Gasteiger partial charge < -0.3 is 15.7 Å². The number of aliphatic carboxylic acids is 1. The highest BCUT2D eigenvalue weighted by atomic mass is 16.4. The van der Waals surface area contributed by atoms with Crippen molar-refractivity contribution in [2.45, 2.75) is 45.7 Å². The molecule has 0 fully saturated rings. The molecule has 0 aliphatic heterocycles. The molecule has 25 heavy (non-hydrogen) atoms. The Balaban J connectivity index is 2.11. The molecule has 0 heterocycles. The summed E-state index contributed by atoms with van der Waals surface area (Å²) >= 11 is 0. The molecule has 0 bridgehead atoms. The van der Waals surface area contributed by atoms with Gasteiger partial charge in [-0.15, -0.1) is 0 Å². The molecule has 4 nitrogen and oxygen atoms in total. The summed E-state index contributed by atoms with van der Waals surface area (Å²) in [5, 5.41) is 16.0. The first-order chi connectivity index (χ1) is 12.0. The van der Waals surface area contributed by atoms with Crippen molar-refractivity contribution in [2.24, 2.45) is 0 Å². The number of nitrogens with one attached hydrogen (secondary N) is 2. The molecule has 1 atom stereocenters. The lowest BCUT2D eigenvalue weighted by molar-refractivity contribution is -0.137. The van der Waals surface area contributed by atoms with Crippen LogP contribution in [-0.4, -0.2) is 25.0 Å². The zero-order valence-electron chi connectivity index (χ0n) is 15.3. The SMILES string of the molecule is Bc1ccc(C)c(CNc2ccccc2NC(CCC)CC(=O)O)c1. The van der Waals surface area contributed by atoms with Crippen LogP contribution in [0.3, 0.4) is 0 Å². The van der Waals surface area contributed by atoms with Gasteiger partial charge in [0.05, 0.1) is 17.8 Å². The van der Waals surface area contributed by atoms with Crippen molar-refractivity contribution in [1.29, 1.82) is 0 Å². The topological polar surface area (TPSA) is 61.4 Å². The van der Waals surface area contributed by atoms with E-state index in [-0.39, 0.29) is 12.5 Å². The van der Waals surface area contributed by atoms with Crippen molar-refractivity contribution < 1.29 is 9.90 Å². The minimum Gasteiger partial charge on any atom is -0.481 e. The summed E-state index contributed by atoms with van der Waals surface area (Å²) in [6.07, 6.45) is 1.90. The maximum Gasteiger partial charge on any atom is 0.305 e. The van der Waals surface area contributed by atoms with Crippen LogP contribution < -0.4 is 16.1 Å². The maximum absolute atomic E-state index is 11.1. The lowest BCUT2D eigenvalue weighted by Crippen LogP contribution is -2.23. The molecular weight excluding hydrogens is 311 g/mol. The zero-order valence-corrected chi connectivity index (χ0v) is 15.3. The van der Waals surface area contributed by atoms with E-state index in [1.54, 1.807) is 0 Å². The van der Waals surface area contributed by atoms with Crippen molar-refractivity contribution in [3.8, 4) is 0 Å². The van der Waals surface area contributed by atoms with E-state index in [4.69, 9.17) is 5.11 Å². The third-order valence-corrected chi connectivity index (χ3v) is 4.32. The molecule has 0 aliphatic carbocycles. The summed E-state index contributed by atoms with van der Waals surface area (Å²) in [4.78, 5) is 11.1. The molecule has 0 aromatic heterocycles. The fourth-order valence-corrected chi connectivity index (χ4v) is 2.95. The summed E-state index contributed by atoms with van der Waals surface area (Å²) in [6.45, 7) is 4.93. The van der Waals surface area contributed by atoms with Gasteiger partial charge in [-0.25, -0.2) is 0 Å². The van der Waals surface area contributed by atoms with Gasteiger partial charge in [0.1, 0.15) is 7.85 Å². The molecule has 1 unspecified atom stereocenters. The van der Waals surface area contributed by atoms with E-state index >= 15 is 0 Å². The number of aryl methyl sites for hydroxylation is 1. The average molecular weight is 338 g/mol. The Bertz CT molecular complexity index is 719. The Labute approximate surface area is 151 Å². The molecule has 2 aromatic carbocycles. The van der Waals surface area contributed by atoms with Gasteiger partial charge in [-0.2, -0.15) is 0 Å². The van der Waals surface area contributed by atoms with Gasteiger partial charge >= 0.3 is 5.97 Å². The highest BCUT2D eigenvalue weighted by Gasteiger charge is 2.13. The quantitative estimate of drug-likeness (QED) is 0.615. The van der Waals surface area contributed by atoms with Crippen molar-refractivity contribution in [3.05, 3.63) is 53.6 Å². The molecule has 0 saturated carbocycles. The van der Waals surface area contributed by atoms with Gasteiger partial charge in [-0.1, -0.05) is 49.1 Å². The molecule has 2 rings (SSSR count). The molecule has 3 N–H and O–H groups in total. The monoisotopic (exact) mass is 338 g/mol. The van der Waals surface area contributed by atoms with E-state index in [0.717, 1.165) is 30.8 Å². The maximum atomic E-state index is 11.1. The number of rotatable bonds is 9. The predicted molar refractivity (Wildman–Crippen MR) is 108 cm³/mol. The van der Waals surface area contributed by atoms with Gasteiger partial charge in [-0.3, -0.25) is 4.79 Å². The second-order valence-corrected chi connectivity index (χ2v) is 6.56. The summed E-state index contributed by atoms with van der Waals surface area (Å²) < 4.78 is 0. The number of hydrogen-bond donors (Lipinski definition) is 3. The third kappa shape index (κ3) is 5.86. The first-order valence-electron chi connectivity index (χ1n) is 8.87. The number of para-hydroxylation sites is 2. The molecule has 0 aliphatic rings. The van der Waals surface area contributed by atoms with Crippen molar-refractivity contribution in [1.82, 2.24) is 0 Å². The zero-order chi connectivity index (χ0) is 18.2. The fourth-order valence-electron chi connectivity index (χ4n) is 2.95. The molecule has 2 aromatic rings. The molecule has 5 heteroatoms. The van der Waals surface area contributed by atoms with Crippen LogP contribution in [0.25, 0.3) is 0 Å². The predicted octanol–water partition coefficient (Wildman–Crippen LogP) is 2.92. The summed E-state index contributed by atoms with van der Waals surface area (Å²) in [5.41, 5.74) is 5.73. The van der Waals surface area contributed by atoms with Crippen LogP contribution in [0.15, 0.2) is 42.5 Å². The normalized spacial score (nSPS) is 11.8. The van der Waals surface area contributed by atoms with E-state index in [9.17, 15) is 4.79 Å². The van der Waals surface area contributed by atoms with Crippen LogP contribution in [-0.2, 0) is 11.3 Å². The van der Waals surface area contributed by atoms with Crippen LogP contribution in [0, 0.1) is 6.92 Å². The molecule has 0 radical (unpaired) electrons. The summed E-state index contributed by atoms with van der Waals surface area (Å²) in [7, 11) is 2.10. The van der Waals surface area contributed by atoms with Gasteiger partial charge in [-0.05, 0) is 36.6 Å². The standard InChI is InChI=1S/C20H27BN2O2/c1-3-6-17(12-20(24)25)23-19-8-5-4-7-18(19)22-13-15-11-16(21)10-9-14(15)2/h4-5,7-11,17,22-23H,3,6,12-13,21H2,1-2H3,(H,24,25). The Hall–Kier alpha value is -2.43. The van der Waals surface area contributed by atoms with Crippen molar-refractivity contribution >= 4 is 30.7 Å². The number of carbonyl (C=O) groups is 1. The first-order valence-corrected chi connectivity index (χ1v) is 8.87. The Morgan fingerprint density at radius 2 is 1.92 bits per heavy atom. The first kappa shape index (κ1) is 18.9. The van der Waals surface area contributed by atoms with Crippen molar-refractivity contribution in [3.63, 3.8) is 0 Å². The fraction of sp³-hybridized carbons (Fsp3) is 0.350. The summed E-state index contributed by atoms with van der Waals surface area (Å²) in [5.74, 6) is -0.772. The Morgan fingerprint density at radius 3 is 2.60 bits per heavy atom. The molecule has 0 saturated heterocycles. The molecule has 0 amide bonds. The van der Waals surface area contributed by atoms with E-state index in [1.807, 2.05) is 24.3 Å². The Morgan fingerprint density at radius 1 is 1.20 bits per heavy atom. The van der Waals surface area contributed by atoms with Crippen LogP contribution in [0.1, 0.15) is 37.3 Å². The van der Waals surface area contributed by atoms with Crippen LogP contribution in [0.2, 0.25) is 0 Å². The van der Waals surface area contributed by atoms with Crippen LogP contribution in [0.4, 0.5) is 11.4 Å². The number of anilines is 2. The van der Waals surface area contributed by atoms with E-state index in [2.05, 4.69) is 50.5 Å². The smallest absolute Gasteiger partial charge is 0.305 e. The lowest BCUT2D eigenvalue weighted by atomic mass is 9.92. The largest absolute Gasteiger partial charge is 0.481 e. The number of hydrogen-bond acceptors (Lipinski definition) is 3. The number of benzene rings is 2. The third-order valence-electron chi connectivity index (χ3n) is 4.32. The van der Waals surface area contributed by atoms with E-state index in [1.165, 1.54) is 16.6 Å². The lowest BCUT2D eigenvalue weighted by Gasteiger charge is -2.21. The second-order valence-electron chi connectivity index (χ2n) is 6.56. The van der Waals surface area contributed by atoms with Gasteiger partial charge in [0.2, 0.25) is 0 Å². The summed E-state index contributed by atoms with van der Waals surface area (Å²) in [6, 6.07) is 14.4.